The largest absolute Gasteiger partial charge is 0.670 e. The molecule has 3 heteroatoms. The number of benzene rings is 3. The summed E-state index contributed by atoms with van der Waals surface area (Å²) in [5.74, 6) is 0. The third kappa shape index (κ3) is 6.35. The van der Waals surface area contributed by atoms with Crippen LogP contribution in [0.3, 0.4) is 0 Å². The van der Waals surface area contributed by atoms with Crippen LogP contribution in [0.1, 0.15) is 42.9 Å². The van der Waals surface area contributed by atoms with Crippen LogP contribution in [-0.2, 0) is 25.9 Å². The Morgan fingerprint density at radius 2 is 1.03 bits per heavy atom. The smallest absolute Gasteiger partial charge is 0 e. The third-order valence-electron chi connectivity index (χ3n) is 5.94. The van der Waals surface area contributed by atoms with Crippen LogP contribution in [-0.4, -0.2) is 5.66 Å². The van der Waals surface area contributed by atoms with E-state index in [1.165, 1.54) is 47.4 Å². The summed E-state index contributed by atoms with van der Waals surface area (Å²) in [7, 11) is -0.525. The van der Waals surface area contributed by atoms with Crippen molar-refractivity contribution >= 4 is 18.5 Å². The number of hydrogen-bond donors (Lipinski definition) is 0. The summed E-state index contributed by atoms with van der Waals surface area (Å²) >= 11 is 0. The zero-order valence-corrected chi connectivity index (χ0v) is 20.9. The first-order chi connectivity index (χ1) is 15.3. The molecule has 0 heterocycles. The maximum atomic E-state index is 8.82. The van der Waals surface area contributed by atoms with Gasteiger partial charge in [-0.3, -0.25) is 0 Å². The summed E-state index contributed by atoms with van der Waals surface area (Å²) in [6, 6.07) is 29.9. The zero-order valence-electron chi connectivity index (χ0n) is 18.4. The van der Waals surface area contributed by atoms with E-state index >= 15 is 0 Å². The van der Waals surface area contributed by atoms with Gasteiger partial charge in [-0.05, 0) is 61.9 Å². The predicted octanol–water partition coefficient (Wildman–Crippen LogP) is 7.51. The molecular formula is C29H31NPRh-. The van der Waals surface area contributed by atoms with Gasteiger partial charge in [0.15, 0.2) is 0 Å². The minimum atomic E-state index is -0.525. The van der Waals surface area contributed by atoms with Gasteiger partial charge < -0.3 is 5.73 Å². The SMILES string of the molecule is C1=CCC/C=C\CC1.[NH-][C@@H]1c2ccccc2C[C@H]1P(c1ccccc1)c1ccccc1.[Rh]. The molecular weight excluding hydrogens is 496 g/mol. The summed E-state index contributed by atoms with van der Waals surface area (Å²) in [6.07, 6.45) is 15.0. The van der Waals surface area contributed by atoms with E-state index in [1.807, 2.05) is 0 Å². The zero-order chi connectivity index (χ0) is 21.3. The van der Waals surface area contributed by atoms with E-state index in [-0.39, 0.29) is 25.5 Å². The van der Waals surface area contributed by atoms with E-state index < -0.39 is 7.92 Å². The van der Waals surface area contributed by atoms with Crippen LogP contribution >= 0.6 is 7.92 Å². The summed E-state index contributed by atoms with van der Waals surface area (Å²) in [5, 5.41) is 2.76. The van der Waals surface area contributed by atoms with E-state index in [4.69, 9.17) is 5.73 Å². The van der Waals surface area contributed by atoms with Crippen LogP contribution in [0.5, 0.6) is 0 Å². The summed E-state index contributed by atoms with van der Waals surface area (Å²) in [4.78, 5) is 0. The topological polar surface area (TPSA) is 23.8 Å². The van der Waals surface area contributed by atoms with E-state index in [0.29, 0.717) is 5.66 Å². The van der Waals surface area contributed by atoms with Crippen LogP contribution in [0, 0.1) is 0 Å². The average Bonchev–Trinajstić information content (AvgIpc) is 3.12. The van der Waals surface area contributed by atoms with E-state index in [1.54, 1.807) is 0 Å². The Morgan fingerprint density at radius 1 is 0.594 bits per heavy atom. The molecule has 0 fully saturated rings. The molecule has 0 aliphatic heterocycles. The molecule has 0 unspecified atom stereocenters. The van der Waals surface area contributed by atoms with Crippen molar-refractivity contribution in [3.63, 3.8) is 0 Å². The van der Waals surface area contributed by atoms with Crippen molar-refractivity contribution in [2.75, 3.05) is 0 Å². The summed E-state index contributed by atoms with van der Waals surface area (Å²) in [6.45, 7) is 0. The van der Waals surface area contributed by atoms with Crippen LogP contribution in [0.2, 0.25) is 0 Å². The van der Waals surface area contributed by atoms with Gasteiger partial charge in [-0.1, -0.05) is 115 Å². The minimum Gasteiger partial charge on any atom is -0.670 e. The van der Waals surface area contributed by atoms with Crippen molar-refractivity contribution in [2.45, 2.75) is 43.8 Å². The maximum Gasteiger partial charge on any atom is 0 e. The van der Waals surface area contributed by atoms with Crippen LogP contribution in [0.25, 0.3) is 5.73 Å². The molecule has 0 amide bonds. The molecule has 3 aromatic carbocycles. The molecule has 0 aromatic heterocycles. The first-order valence-corrected chi connectivity index (χ1v) is 12.7. The number of fused-ring (bicyclic) bond motifs is 1. The van der Waals surface area contributed by atoms with Gasteiger partial charge in [0.25, 0.3) is 0 Å². The maximum absolute atomic E-state index is 8.82. The number of nitrogens with one attached hydrogen (secondary N) is 1. The molecule has 0 spiro atoms. The molecule has 32 heavy (non-hydrogen) atoms. The van der Waals surface area contributed by atoms with Gasteiger partial charge in [-0.15, -0.1) is 6.04 Å². The molecule has 1 radical (unpaired) electrons. The third-order valence-corrected chi connectivity index (χ3v) is 8.79. The quantitative estimate of drug-likeness (QED) is 0.191. The molecule has 1 nitrogen and oxygen atoms in total. The van der Waals surface area contributed by atoms with Gasteiger partial charge in [-0.2, -0.15) is 0 Å². The Morgan fingerprint density at radius 3 is 1.50 bits per heavy atom. The molecule has 0 saturated carbocycles. The Labute approximate surface area is 207 Å². The van der Waals surface area contributed by atoms with Crippen LogP contribution < -0.4 is 10.6 Å². The van der Waals surface area contributed by atoms with Crippen molar-refractivity contribution in [2.24, 2.45) is 0 Å². The average molecular weight is 527 g/mol. The van der Waals surface area contributed by atoms with Gasteiger partial charge in [0.2, 0.25) is 0 Å². The Hall–Kier alpha value is -1.85. The molecule has 2 atom stereocenters. The molecule has 0 bridgehead atoms. The Balaban J connectivity index is 0.000000274. The Bertz CT molecular complexity index is 934. The summed E-state index contributed by atoms with van der Waals surface area (Å²) in [5.41, 5.74) is 11.7. The second-order valence-corrected chi connectivity index (χ2v) is 10.5. The van der Waals surface area contributed by atoms with Crippen molar-refractivity contribution in [3.05, 3.63) is 126 Å². The molecule has 3 aromatic rings. The fourth-order valence-corrected chi connectivity index (χ4v) is 7.27. The second kappa shape index (κ2) is 13.0. The molecule has 2 aliphatic carbocycles. The van der Waals surface area contributed by atoms with E-state index in [0.717, 1.165) is 6.42 Å². The van der Waals surface area contributed by atoms with Crippen LogP contribution in [0.15, 0.2) is 109 Å². The fourth-order valence-electron chi connectivity index (χ4n) is 4.38. The summed E-state index contributed by atoms with van der Waals surface area (Å²) < 4.78 is 0. The molecule has 2 aliphatic rings. The number of rotatable bonds is 3. The van der Waals surface area contributed by atoms with Crippen molar-refractivity contribution in [1.82, 2.24) is 0 Å². The number of allylic oxidation sites excluding steroid dienone is 4. The predicted molar refractivity (Wildman–Crippen MR) is 137 cm³/mol. The van der Waals surface area contributed by atoms with Crippen molar-refractivity contribution in [3.8, 4) is 0 Å². The molecule has 5 rings (SSSR count). The minimum absolute atomic E-state index is 0. The van der Waals surface area contributed by atoms with E-state index in [9.17, 15) is 0 Å². The monoisotopic (exact) mass is 527 g/mol. The molecule has 167 valence electrons. The second-order valence-electron chi connectivity index (χ2n) is 8.09. The van der Waals surface area contributed by atoms with Gasteiger partial charge in [-0.25, -0.2) is 0 Å². The van der Waals surface area contributed by atoms with E-state index in [2.05, 4.69) is 109 Å². The standard InChI is InChI=1S/C21H19NP.C8H12.Rh/c22-21-19-14-8-7-9-16(19)15-20(21)23(17-10-3-1-4-11-17)18-12-5-2-6-13-18;1-2-4-6-8-7-5-3-1;/h1-14,20-22H,15H2;1-2,7-8H,3-6H2;/q-1;;/b;2-1-,8-7?;/t20-,21-;;/m1../s1. The fraction of sp³-hybridized carbons (Fsp3) is 0.241. The van der Waals surface area contributed by atoms with Crippen molar-refractivity contribution in [1.29, 1.82) is 0 Å². The Kier molecular flexibility index (Phi) is 10.1. The first-order valence-electron chi connectivity index (χ1n) is 11.3. The molecule has 0 saturated heterocycles. The normalized spacial score (nSPS) is 20.2. The number of hydrogen-bond acceptors (Lipinski definition) is 0. The van der Waals surface area contributed by atoms with Gasteiger partial charge >= 0.3 is 0 Å². The van der Waals surface area contributed by atoms with Gasteiger partial charge in [0.1, 0.15) is 0 Å². The van der Waals surface area contributed by atoms with Gasteiger partial charge in [0.05, 0.1) is 0 Å². The first kappa shape index (κ1) is 24.8. The molecule has 1 N–H and O–H groups in total. The van der Waals surface area contributed by atoms with Crippen molar-refractivity contribution < 1.29 is 19.5 Å². The van der Waals surface area contributed by atoms with Crippen LogP contribution in [0.4, 0.5) is 0 Å². The van der Waals surface area contributed by atoms with Gasteiger partial charge in [0, 0.05) is 19.5 Å².